The summed E-state index contributed by atoms with van der Waals surface area (Å²) >= 11 is 0. The number of nitrogens with one attached hydrogen (secondary N) is 2. The predicted octanol–water partition coefficient (Wildman–Crippen LogP) is 3.88. The summed E-state index contributed by atoms with van der Waals surface area (Å²) in [6.45, 7) is 4.24. The van der Waals surface area contributed by atoms with Crippen LogP contribution in [0.3, 0.4) is 0 Å². The van der Waals surface area contributed by atoms with Crippen molar-refractivity contribution in [1.29, 1.82) is 0 Å². The van der Waals surface area contributed by atoms with Gasteiger partial charge in [-0.3, -0.25) is 9.59 Å². The molecule has 0 aromatic heterocycles. The Morgan fingerprint density at radius 2 is 1.60 bits per heavy atom. The molecule has 0 aliphatic carbocycles. The van der Waals surface area contributed by atoms with Crippen molar-refractivity contribution in [3.05, 3.63) is 95.1 Å². The molecule has 35 heavy (non-hydrogen) atoms. The molecule has 0 aliphatic rings. The van der Waals surface area contributed by atoms with Gasteiger partial charge in [-0.1, -0.05) is 25.1 Å². The molecule has 0 unspecified atom stereocenters. The molecule has 0 bridgehead atoms. The maximum absolute atomic E-state index is 12.3. The highest BCUT2D eigenvalue weighted by Crippen LogP contribution is 2.15. The van der Waals surface area contributed by atoms with Crippen LogP contribution in [0.1, 0.15) is 45.2 Å². The number of amides is 2. The Balaban J connectivity index is 1.42. The fourth-order valence-corrected chi connectivity index (χ4v) is 2.99. The molecule has 3 rings (SSSR count). The number of aryl methyl sites for hydroxylation is 1. The molecule has 2 N–H and O–H groups in total. The summed E-state index contributed by atoms with van der Waals surface area (Å²) in [4.78, 5) is 36.4. The highest BCUT2D eigenvalue weighted by atomic mass is 16.5. The maximum Gasteiger partial charge on any atom is 0.343 e. The number of carbonyl (C=O) groups excluding carboxylic acids is 3. The van der Waals surface area contributed by atoms with Gasteiger partial charge in [0.1, 0.15) is 11.5 Å². The first-order valence-electron chi connectivity index (χ1n) is 11.2. The third-order valence-electron chi connectivity index (χ3n) is 4.86. The molecule has 0 heterocycles. The molecule has 0 fully saturated rings. The highest BCUT2D eigenvalue weighted by molar-refractivity contribution is 5.96. The van der Waals surface area contributed by atoms with E-state index in [1.165, 1.54) is 6.21 Å². The third-order valence-corrected chi connectivity index (χ3v) is 4.86. The number of benzene rings is 3. The summed E-state index contributed by atoms with van der Waals surface area (Å²) in [5.74, 6) is -0.192. The maximum atomic E-state index is 12.3. The van der Waals surface area contributed by atoms with Crippen molar-refractivity contribution >= 4 is 24.0 Å². The second-order valence-corrected chi connectivity index (χ2v) is 7.62. The van der Waals surface area contributed by atoms with Crippen LogP contribution in [-0.4, -0.2) is 37.1 Å². The van der Waals surface area contributed by atoms with E-state index in [2.05, 4.69) is 15.8 Å². The normalized spacial score (nSPS) is 10.6. The van der Waals surface area contributed by atoms with E-state index in [1.807, 2.05) is 26.0 Å². The Hall–Kier alpha value is -4.46. The molecule has 0 saturated heterocycles. The predicted molar refractivity (Wildman–Crippen MR) is 133 cm³/mol. The highest BCUT2D eigenvalue weighted by Gasteiger charge is 2.11. The Bertz CT molecular complexity index is 1190. The van der Waals surface area contributed by atoms with E-state index in [-0.39, 0.29) is 12.5 Å². The first kappa shape index (κ1) is 25.2. The summed E-state index contributed by atoms with van der Waals surface area (Å²) in [6, 6.07) is 20.6. The van der Waals surface area contributed by atoms with Crippen molar-refractivity contribution in [3.63, 3.8) is 0 Å². The molecule has 0 radical (unpaired) electrons. The van der Waals surface area contributed by atoms with Crippen molar-refractivity contribution in [2.75, 3.05) is 13.2 Å². The van der Waals surface area contributed by atoms with Gasteiger partial charge in [-0.2, -0.15) is 5.10 Å². The number of rotatable bonds is 10. The van der Waals surface area contributed by atoms with Crippen LogP contribution < -0.4 is 20.2 Å². The van der Waals surface area contributed by atoms with E-state index >= 15 is 0 Å². The van der Waals surface area contributed by atoms with E-state index in [9.17, 15) is 14.4 Å². The van der Waals surface area contributed by atoms with Crippen molar-refractivity contribution < 1.29 is 23.9 Å². The molecule has 180 valence electrons. The SMILES string of the molecule is CCCOc1ccc(C(=O)NCC(=O)N/N=C/c2ccc(OC(=O)c3ccccc3C)cc2)cc1. The van der Waals surface area contributed by atoms with Crippen LogP contribution >= 0.6 is 0 Å². The number of ether oxygens (including phenoxy) is 2. The lowest BCUT2D eigenvalue weighted by atomic mass is 10.1. The van der Waals surface area contributed by atoms with E-state index < -0.39 is 11.9 Å². The van der Waals surface area contributed by atoms with Gasteiger partial charge in [-0.05, 0) is 79.1 Å². The van der Waals surface area contributed by atoms with Gasteiger partial charge in [0.15, 0.2) is 0 Å². The molecule has 0 atom stereocenters. The lowest BCUT2D eigenvalue weighted by Crippen LogP contribution is -2.34. The van der Waals surface area contributed by atoms with Crippen molar-refractivity contribution in [2.45, 2.75) is 20.3 Å². The summed E-state index contributed by atoms with van der Waals surface area (Å²) in [5, 5.41) is 6.42. The van der Waals surface area contributed by atoms with Crippen LogP contribution in [0, 0.1) is 6.92 Å². The Morgan fingerprint density at radius 3 is 2.29 bits per heavy atom. The molecular weight excluding hydrogens is 446 g/mol. The molecule has 8 heteroatoms. The van der Waals surface area contributed by atoms with Crippen molar-refractivity contribution in [3.8, 4) is 11.5 Å². The van der Waals surface area contributed by atoms with Crippen molar-refractivity contribution in [2.24, 2.45) is 5.10 Å². The molecule has 0 spiro atoms. The van der Waals surface area contributed by atoms with Crippen LogP contribution in [0.25, 0.3) is 0 Å². The number of nitrogens with zero attached hydrogens (tertiary/aromatic N) is 1. The van der Waals surface area contributed by atoms with E-state index in [1.54, 1.807) is 60.7 Å². The largest absolute Gasteiger partial charge is 0.494 e. The monoisotopic (exact) mass is 473 g/mol. The van der Waals surface area contributed by atoms with Crippen LogP contribution in [0.2, 0.25) is 0 Å². The average Bonchev–Trinajstić information content (AvgIpc) is 2.87. The molecule has 8 nitrogen and oxygen atoms in total. The zero-order chi connectivity index (χ0) is 25.0. The molecule has 0 aliphatic heterocycles. The summed E-state index contributed by atoms with van der Waals surface area (Å²) in [6.07, 6.45) is 2.34. The molecule has 2 amide bonds. The molecular formula is C27H27N3O5. The van der Waals surface area contributed by atoms with Gasteiger partial charge in [-0.25, -0.2) is 10.2 Å². The van der Waals surface area contributed by atoms with Gasteiger partial charge in [0.05, 0.1) is 24.9 Å². The van der Waals surface area contributed by atoms with Gasteiger partial charge < -0.3 is 14.8 Å². The lowest BCUT2D eigenvalue weighted by molar-refractivity contribution is -0.120. The van der Waals surface area contributed by atoms with E-state index in [4.69, 9.17) is 9.47 Å². The van der Waals surface area contributed by atoms with Crippen LogP contribution in [0.4, 0.5) is 0 Å². The topological polar surface area (TPSA) is 106 Å². The zero-order valence-corrected chi connectivity index (χ0v) is 19.6. The van der Waals surface area contributed by atoms with Gasteiger partial charge in [-0.15, -0.1) is 0 Å². The second kappa shape index (κ2) is 12.7. The fraction of sp³-hybridized carbons (Fsp3) is 0.185. The first-order chi connectivity index (χ1) is 17.0. The van der Waals surface area contributed by atoms with Crippen molar-refractivity contribution in [1.82, 2.24) is 10.7 Å². The standard InChI is InChI=1S/C27H27N3O5/c1-3-16-34-22-14-10-21(11-15-22)26(32)28-18-25(31)30-29-17-20-8-12-23(13-9-20)35-27(33)24-7-5-4-6-19(24)2/h4-15,17H,3,16,18H2,1-2H3,(H,28,32)(H,30,31)/b29-17+. The van der Waals surface area contributed by atoms with Gasteiger partial charge >= 0.3 is 5.97 Å². The molecule has 3 aromatic carbocycles. The van der Waals surface area contributed by atoms with Crippen LogP contribution in [-0.2, 0) is 4.79 Å². The number of carbonyl (C=O) groups is 3. The number of hydrazone groups is 1. The Labute approximate surface area is 204 Å². The quantitative estimate of drug-likeness (QED) is 0.201. The van der Waals surface area contributed by atoms with Gasteiger partial charge in [0.2, 0.25) is 0 Å². The number of esters is 1. The molecule has 0 saturated carbocycles. The third kappa shape index (κ3) is 7.82. The Kier molecular flexibility index (Phi) is 9.13. The van der Waals surface area contributed by atoms with Gasteiger partial charge in [0, 0.05) is 5.56 Å². The van der Waals surface area contributed by atoms with Crippen LogP contribution in [0.15, 0.2) is 77.9 Å². The number of hydrogen-bond acceptors (Lipinski definition) is 6. The summed E-state index contributed by atoms with van der Waals surface area (Å²) in [5.41, 5.74) is 4.81. The second-order valence-electron chi connectivity index (χ2n) is 7.62. The fourth-order valence-electron chi connectivity index (χ4n) is 2.99. The Morgan fingerprint density at radius 1 is 0.914 bits per heavy atom. The average molecular weight is 474 g/mol. The molecule has 3 aromatic rings. The lowest BCUT2D eigenvalue weighted by Gasteiger charge is -2.07. The van der Waals surface area contributed by atoms with Crippen LogP contribution in [0.5, 0.6) is 11.5 Å². The number of hydrogen-bond donors (Lipinski definition) is 2. The summed E-state index contributed by atoms with van der Waals surface area (Å²) < 4.78 is 10.9. The minimum absolute atomic E-state index is 0.224. The zero-order valence-electron chi connectivity index (χ0n) is 19.6. The van der Waals surface area contributed by atoms with E-state index in [0.717, 1.165) is 12.0 Å². The first-order valence-corrected chi connectivity index (χ1v) is 11.2. The minimum atomic E-state index is -0.471. The van der Waals surface area contributed by atoms with E-state index in [0.29, 0.717) is 34.8 Å². The smallest absolute Gasteiger partial charge is 0.343 e. The summed E-state index contributed by atoms with van der Waals surface area (Å²) in [7, 11) is 0. The van der Waals surface area contributed by atoms with Gasteiger partial charge in [0.25, 0.3) is 11.8 Å². The minimum Gasteiger partial charge on any atom is -0.494 e.